The number of carboxylic acids is 1. The Morgan fingerprint density at radius 3 is 2.80 bits per heavy atom. The predicted octanol–water partition coefficient (Wildman–Crippen LogP) is 1.96. The molecule has 1 aliphatic carbocycles. The summed E-state index contributed by atoms with van der Waals surface area (Å²) in [4.78, 5) is 10.9. The van der Waals surface area contributed by atoms with Crippen LogP contribution < -0.4 is 5.32 Å². The van der Waals surface area contributed by atoms with E-state index in [1.807, 2.05) is 26.0 Å². The maximum atomic E-state index is 10.9. The summed E-state index contributed by atoms with van der Waals surface area (Å²) < 4.78 is 0. The lowest BCUT2D eigenvalue weighted by molar-refractivity contribution is -0.139. The van der Waals surface area contributed by atoms with Crippen molar-refractivity contribution in [1.82, 2.24) is 5.32 Å². The van der Waals surface area contributed by atoms with E-state index in [0.29, 0.717) is 18.9 Å². The molecule has 1 rings (SSSR count). The Morgan fingerprint density at radius 1 is 1.60 bits per heavy atom. The number of carbonyl (C=O) groups is 1. The molecule has 0 unspecified atom stereocenters. The SMILES string of the molecule is CC(C)C[C@H](NCC1=CC=CC1)C(=O)O. The first-order valence-electron chi connectivity index (χ1n) is 5.40. The molecule has 1 atom stereocenters. The van der Waals surface area contributed by atoms with E-state index in [0.717, 1.165) is 6.42 Å². The number of aliphatic carboxylic acids is 1. The van der Waals surface area contributed by atoms with E-state index >= 15 is 0 Å². The number of rotatable bonds is 6. The van der Waals surface area contributed by atoms with E-state index in [1.165, 1.54) is 5.57 Å². The standard InChI is InChI=1S/C12H19NO2/c1-9(2)7-11(12(14)15)13-8-10-5-3-4-6-10/h3-5,9,11,13H,6-8H2,1-2H3,(H,14,15)/t11-/m0/s1. The topological polar surface area (TPSA) is 49.3 Å². The number of nitrogens with one attached hydrogen (secondary N) is 1. The third-order valence-electron chi connectivity index (χ3n) is 2.43. The van der Waals surface area contributed by atoms with Crippen LogP contribution in [-0.4, -0.2) is 23.7 Å². The molecule has 15 heavy (non-hydrogen) atoms. The Labute approximate surface area is 90.9 Å². The highest BCUT2D eigenvalue weighted by atomic mass is 16.4. The van der Waals surface area contributed by atoms with Gasteiger partial charge in [-0.1, -0.05) is 37.6 Å². The highest BCUT2D eigenvalue weighted by Crippen LogP contribution is 2.10. The van der Waals surface area contributed by atoms with Crippen LogP contribution in [0.5, 0.6) is 0 Å². The first kappa shape index (κ1) is 12.0. The van der Waals surface area contributed by atoms with Gasteiger partial charge in [-0.05, 0) is 18.8 Å². The molecule has 0 saturated heterocycles. The van der Waals surface area contributed by atoms with Gasteiger partial charge in [0.2, 0.25) is 0 Å². The van der Waals surface area contributed by atoms with Crippen molar-refractivity contribution in [2.75, 3.05) is 6.54 Å². The molecule has 0 heterocycles. The van der Waals surface area contributed by atoms with E-state index < -0.39 is 12.0 Å². The van der Waals surface area contributed by atoms with E-state index in [4.69, 9.17) is 5.11 Å². The largest absolute Gasteiger partial charge is 0.480 e. The molecule has 2 N–H and O–H groups in total. The van der Waals surface area contributed by atoms with Crippen molar-refractivity contribution in [3.63, 3.8) is 0 Å². The third kappa shape index (κ3) is 4.30. The van der Waals surface area contributed by atoms with Gasteiger partial charge in [0, 0.05) is 6.54 Å². The molecule has 0 spiro atoms. The van der Waals surface area contributed by atoms with Crippen molar-refractivity contribution in [3.8, 4) is 0 Å². The quantitative estimate of drug-likeness (QED) is 0.703. The molecule has 84 valence electrons. The fourth-order valence-electron chi connectivity index (χ4n) is 1.62. The van der Waals surface area contributed by atoms with Gasteiger partial charge in [0.1, 0.15) is 6.04 Å². The summed E-state index contributed by atoms with van der Waals surface area (Å²) in [6.07, 6.45) is 7.75. The van der Waals surface area contributed by atoms with Crippen molar-refractivity contribution in [2.24, 2.45) is 5.92 Å². The lowest BCUT2D eigenvalue weighted by Crippen LogP contribution is -2.38. The van der Waals surface area contributed by atoms with Gasteiger partial charge in [0.25, 0.3) is 0 Å². The summed E-state index contributed by atoms with van der Waals surface area (Å²) in [5, 5.41) is 12.1. The third-order valence-corrected chi connectivity index (χ3v) is 2.43. The smallest absolute Gasteiger partial charge is 0.320 e. The van der Waals surface area contributed by atoms with Crippen molar-refractivity contribution >= 4 is 5.97 Å². The molecule has 0 aliphatic heterocycles. The Bertz CT molecular complexity index is 279. The lowest BCUT2D eigenvalue weighted by atomic mass is 10.0. The average Bonchev–Trinajstić information content (AvgIpc) is 2.63. The van der Waals surface area contributed by atoms with Crippen molar-refractivity contribution in [2.45, 2.75) is 32.7 Å². The number of hydrogen-bond acceptors (Lipinski definition) is 2. The molecule has 3 nitrogen and oxygen atoms in total. The van der Waals surface area contributed by atoms with E-state index in [9.17, 15) is 4.79 Å². The van der Waals surface area contributed by atoms with Crippen molar-refractivity contribution < 1.29 is 9.90 Å². The Hall–Kier alpha value is -1.09. The maximum absolute atomic E-state index is 10.9. The second kappa shape index (κ2) is 5.71. The first-order chi connectivity index (χ1) is 7.09. The zero-order chi connectivity index (χ0) is 11.3. The van der Waals surface area contributed by atoms with Gasteiger partial charge in [-0.25, -0.2) is 0 Å². The Balaban J connectivity index is 2.34. The highest BCUT2D eigenvalue weighted by molar-refractivity contribution is 5.73. The molecule has 0 aromatic carbocycles. The Kier molecular flexibility index (Phi) is 4.56. The molecule has 0 fully saturated rings. The van der Waals surface area contributed by atoms with Gasteiger partial charge in [-0.2, -0.15) is 0 Å². The van der Waals surface area contributed by atoms with Crippen LogP contribution in [0.4, 0.5) is 0 Å². The summed E-state index contributed by atoms with van der Waals surface area (Å²) in [6.45, 7) is 4.75. The zero-order valence-corrected chi connectivity index (χ0v) is 9.36. The summed E-state index contributed by atoms with van der Waals surface area (Å²) in [6, 6.07) is -0.425. The molecule has 1 aliphatic rings. The lowest BCUT2D eigenvalue weighted by Gasteiger charge is -2.16. The van der Waals surface area contributed by atoms with E-state index in [1.54, 1.807) is 0 Å². The predicted molar refractivity (Wildman–Crippen MR) is 60.7 cm³/mol. The van der Waals surface area contributed by atoms with E-state index in [-0.39, 0.29) is 0 Å². The molecule has 3 heteroatoms. The van der Waals surface area contributed by atoms with Crippen LogP contribution in [0.1, 0.15) is 26.7 Å². The molecule has 0 amide bonds. The second-order valence-electron chi connectivity index (χ2n) is 4.36. The van der Waals surface area contributed by atoms with Crippen LogP contribution in [0.3, 0.4) is 0 Å². The molecule has 0 bridgehead atoms. The van der Waals surface area contributed by atoms with Gasteiger partial charge >= 0.3 is 5.97 Å². The van der Waals surface area contributed by atoms with Gasteiger partial charge < -0.3 is 10.4 Å². The molecule has 0 aromatic rings. The van der Waals surface area contributed by atoms with Gasteiger partial charge in [-0.15, -0.1) is 0 Å². The summed E-state index contributed by atoms with van der Waals surface area (Å²) in [5.41, 5.74) is 1.25. The average molecular weight is 209 g/mol. The van der Waals surface area contributed by atoms with Crippen LogP contribution in [0, 0.1) is 5.92 Å². The van der Waals surface area contributed by atoms with Gasteiger partial charge in [0.15, 0.2) is 0 Å². The fourth-order valence-corrected chi connectivity index (χ4v) is 1.62. The minimum absolute atomic E-state index is 0.397. The van der Waals surface area contributed by atoms with Gasteiger partial charge in [-0.3, -0.25) is 4.79 Å². The molecular formula is C12H19NO2. The minimum Gasteiger partial charge on any atom is -0.480 e. The number of hydrogen-bond donors (Lipinski definition) is 2. The number of carboxylic acid groups (broad SMARTS) is 1. The molecule has 0 saturated carbocycles. The summed E-state index contributed by atoms with van der Waals surface area (Å²) >= 11 is 0. The van der Waals surface area contributed by atoms with Crippen molar-refractivity contribution in [3.05, 3.63) is 23.8 Å². The fraction of sp³-hybridized carbons (Fsp3) is 0.583. The summed E-state index contributed by atoms with van der Waals surface area (Å²) in [7, 11) is 0. The first-order valence-corrected chi connectivity index (χ1v) is 5.40. The Morgan fingerprint density at radius 2 is 2.33 bits per heavy atom. The normalized spacial score (nSPS) is 16.9. The van der Waals surface area contributed by atoms with E-state index in [2.05, 4.69) is 11.4 Å². The highest BCUT2D eigenvalue weighted by Gasteiger charge is 2.18. The minimum atomic E-state index is -0.754. The van der Waals surface area contributed by atoms with Crippen LogP contribution in [-0.2, 0) is 4.79 Å². The van der Waals surface area contributed by atoms with Gasteiger partial charge in [0.05, 0.1) is 0 Å². The van der Waals surface area contributed by atoms with Crippen LogP contribution >= 0.6 is 0 Å². The summed E-state index contributed by atoms with van der Waals surface area (Å²) in [5.74, 6) is -0.357. The van der Waals surface area contributed by atoms with Crippen LogP contribution in [0.25, 0.3) is 0 Å². The number of allylic oxidation sites excluding steroid dienone is 3. The van der Waals surface area contributed by atoms with Crippen LogP contribution in [0.15, 0.2) is 23.8 Å². The van der Waals surface area contributed by atoms with Crippen molar-refractivity contribution in [1.29, 1.82) is 0 Å². The molecule has 0 radical (unpaired) electrons. The van der Waals surface area contributed by atoms with Crippen LogP contribution in [0.2, 0.25) is 0 Å². The molecular weight excluding hydrogens is 190 g/mol. The molecule has 0 aromatic heterocycles. The maximum Gasteiger partial charge on any atom is 0.320 e. The monoisotopic (exact) mass is 209 g/mol. The zero-order valence-electron chi connectivity index (χ0n) is 9.36. The second-order valence-corrected chi connectivity index (χ2v) is 4.36.